The lowest BCUT2D eigenvalue weighted by Gasteiger charge is -2.54. The zero-order valence-corrected chi connectivity index (χ0v) is 19.5. The van der Waals surface area contributed by atoms with E-state index in [-0.39, 0.29) is 11.8 Å². The van der Waals surface area contributed by atoms with E-state index in [1.807, 2.05) is 18.3 Å². The van der Waals surface area contributed by atoms with Gasteiger partial charge in [0.1, 0.15) is 11.5 Å². The van der Waals surface area contributed by atoms with E-state index in [2.05, 4.69) is 27.0 Å². The number of carbonyl (C=O) groups is 1. The summed E-state index contributed by atoms with van der Waals surface area (Å²) in [5.74, 6) is 0.746. The predicted molar refractivity (Wildman–Crippen MR) is 126 cm³/mol. The molecule has 4 heterocycles. The third-order valence-electron chi connectivity index (χ3n) is 7.17. The molecule has 0 bridgehead atoms. The lowest BCUT2D eigenvalue weighted by Crippen LogP contribution is -2.71. The highest BCUT2D eigenvalue weighted by Gasteiger charge is 2.51. The van der Waals surface area contributed by atoms with E-state index in [4.69, 9.17) is 0 Å². The average Bonchev–Trinajstić information content (AvgIpc) is 3.51. The molecular weight excluding hydrogens is 440 g/mol. The highest BCUT2D eigenvalue weighted by molar-refractivity contribution is 7.89. The molecule has 0 atom stereocenters. The number of carbonyl (C=O) groups excluding carboxylic acids is 1. The zero-order chi connectivity index (χ0) is 23.2. The van der Waals surface area contributed by atoms with Gasteiger partial charge in [-0.3, -0.25) is 14.6 Å². The molecule has 10 heteroatoms. The van der Waals surface area contributed by atoms with Crippen molar-refractivity contribution in [3.63, 3.8) is 0 Å². The maximum Gasteiger partial charge on any atom is 0.215 e. The summed E-state index contributed by atoms with van der Waals surface area (Å²) in [5, 5.41) is 10.4. The average molecular weight is 469 g/mol. The molecular formula is C23H28N6O3S. The van der Waals surface area contributed by atoms with Crippen molar-refractivity contribution in [1.82, 2.24) is 19.2 Å². The number of aromatic nitrogens is 2. The number of fused-ring (bicyclic) bond motifs is 1. The van der Waals surface area contributed by atoms with Gasteiger partial charge in [0, 0.05) is 43.8 Å². The number of sulfonamides is 1. The molecule has 2 fully saturated rings. The van der Waals surface area contributed by atoms with Crippen LogP contribution in [0.15, 0.2) is 24.4 Å². The van der Waals surface area contributed by atoms with E-state index in [0.29, 0.717) is 31.9 Å². The van der Waals surface area contributed by atoms with E-state index in [0.717, 1.165) is 48.8 Å². The summed E-state index contributed by atoms with van der Waals surface area (Å²) in [7, 11) is -3.24. The summed E-state index contributed by atoms with van der Waals surface area (Å²) in [4.78, 5) is 23.5. The van der Waals surface area contributed by atoms with Gasteiger partial charge in [-0.2, -0.15) is 9.57 Å². The number of nitrogens with one attached hydrogen (secondary N) is 1. The van der Waals surface area contributed by atoms with E-state index < -0.39 is 15.6 Å². The van der Waals surface area contributed by atoms with Gasteiger partial charge in [-0.25, -0.2) is 13.4 Å². The Morgan fingerprint density at radius 3 is 2.79 bits per heavy atom. The van der Waals surface area contributed by atoms with Crippen LogP contribution in [-0.4, -0.2) is 77.5 Å². The van der Waals surface area contributed by atoms with Crippen molar-refractivity contribution in [3.8, 4) is 6.07 Å². The fourth-order valence-electron chi connectivity index (χ4n) is 5.01. The normalized spacial score (nSPS) is 21.3. The topological polar surface area (TPSA) is 113 Å². The van der Waals surface area contributed by atoms with E-state index in [1.165, 1.54) is 9.88 Å². The second-order valence-electron chi connectivity index (χ2n) is 9.17. The number of aromatic amines is 1. The SMILES string of the molecule is CCS(=O)(=O)N1CC(CC#N)(N2CC=C(c3cc(N(C=O)C4CC4)nc4[nH]ccc34)CC2)C1. The summed E-state index contributed by atoms with van der Waals surface area (Å²) < 4.78 is 26.0. The number of rotatable bonds is 8. The van der Waals surface area contributed by atoms with Crippen molar-refractivity contribution in [2.45, 2.75) is 44.2 Å². The third kappa shape index (κ3) is 3.84. The van der Waals surface area contributed by atoms with Gasteiger partial charge in [-0.15, -0.1) is 0 Å². The second kappa shape index (κ2) is 8.24. The molecule has 1 saturated carbocycles. The molecule has 33 heavy (non-hydrogen) atoms. The van der Waals surface area contributed by atoms with E-state index in [1.54, 1.807) is 11.8 Å². The molecule has 2 aromatic heterocycles. The summed E-state index contributed by atoms with van der Waals surface area (Å²) >= 11 is 0. The van der Waals surface area contributed by atoms with Gasteiger partial charge in [0.05, 0.1) is 23.8 Å². The number of hydrogen-bond donors (Lipinski definition) is 1. The molecule has 0 unspecified atom stereocenters. The Bertz CT molecular complexity index is 1250. The van der Waals surface area contributed by atoms with Crippen LogP contribution in [0.1, 0.15) is 38.2 Å². The fraction of sp³-hybridized carbons (Fsp3) is 0.522. The van der Waals surface area contributed by atoms with Crippen LogP contribution in [0.25, 0.3) is 16.6 Å². The summed E-state index contributed by atoms with van der Waals surface area (Å²) in [6.07, 6.45) is 8.00. The zero-order valence-electron chi connectivity index (χ0n) is 18.7. The van der Waals surface area contributed by atoms with Crippen molar-refractivity contribution in [2.24, 2.45) is 0 Å². The predicted octanol–water partition coefficient (Wildman–Crippen LogP) is 2.09. The van der Waals surface area contributed by atoms with Crippen LogP contribution >= 0.6 is 0 Å². The monoisotopic (exact) mass is 468 g/mol. The van der Waals surface area contributed by atoms with Crippen LogP contribution in [-0.2, 0) is 14.8 Å². The highest BCUT2D eigenvalue weighted by atomic mass is 32.2. The number of H-pyrrole nitrogens is 1. The Kier molecular flexibility index (Phi) is 5.51. The molecule has 0 spiro atoms. The van der Waals surface area contributed by atoms with Crippen LogP contribution in [0, 0.1) is 11.3 Å². The van der Waals surface area contributed by atoms with E-state index in [9.17, 15) is 18.5 Å². The van der Waals surface area contributed by atoms with Crippen molar-refractivity contribution in [3.05, 3.63) is 30.0 Å². The second-order valence-corrected chi connectivity index (χ2v) is 11.4. The summed E-state index contributed by atoms with van der Waals surface area (Å²) in [6, 6.07) is 6.52. The highest BCUT2D eigenvalue weighted by Crippen LogP contribution is 2.38. The van der Waals surface area contributed by atoms with Crippen LogP contribution in [0.4, 0.5) is 5.82 Å². The molecule has 1 N–H and O–H groups in total. The number of nitriles is 1. The molecule has 9 nitrogen and oxygen atoms in total. The summed E-state index contributed by atoms with van der Waals surface area (Å²) in [6.45, 7) is 3.79. The van der Waals surface area contributed by atoms with Gasteiger partial charge in [-0.05, 0) is 49.5 Å². The minimum absolute atomic E-state index is 0.0788. The Labute approximate surface area is 193 Å². The van der Waals surface area contributed by atoms with Gasteiger partial charge in [0.15, 0.2) is 0 Å². The molecule has 1 saturated heterocycles. The molecule has 5 rings (SSSR count). The Morgan fingerprint density at radius 2 is 2.18 bits per heavy atom. The van der Waals surface area contributed by atoms with Crippen molar-refractivity contribution >= 4 is 38.9 Å². The molecule has 174 valence electrons. The van der Waals surface area contributed by atoms with Crippen molar-refractivity contribution in [1.29, 1.82) is 5.26 Å². The minimum Gasteiger partial charge on any atom is -0.346 e. The fourth-order valence-corrected chi connectivity index (χ4v) is 6.25. The first-order valence-electron chi connectivity index (χ1n) is 11.4. The number of hydrogen-bond acceptors (Lipinski definition) is 6. The molecule has 2 aromatic rings. The van der Waals surface area contributed by atoms with Gasteiger partial charge in [-0.1, -0.05) is 6.08 Å². The quantitative estimate of drug-likeness (QED) is 0.594. The summed E-state index contributed by atoms with van der Waals surface area (Å²) in [5.41, 5.74) is 2.59. The Hall–Kier alpha value is -2.74. The lowest BCUT2D eigenvalue weighted by molar-refractivity contribution is -0.107. The Morgan fingerprint density at radius 1 is 1.39 bits per heavy atom. The standard InChI is InChI=1S/C23H28N6O3S/c1-2-33(31,32)28-14-23(15-28,8-9-24)27-11-6-17(7-12-27)20-13-21(29(16-30)18-3-4-18)26-22-19(20)5-10-25-22/h5-6,10,13,16,18H,2-4,7-8,11-12,14-15H2,1H3,(H,25,26). The lowest BCUT2D eigenvalue weighted by atomic mass is 9.84. The van der Waals surface area contributed by atoms with Crippen molar-refractivity contribution in [2.75, 3.05) is 36.8 Å². The third-order valence-corrected chi connectivity index (χ3v) is 8.94. The van der Waals surface area contributed by atoms with Crippen LogP contribution in [0.5, 0.6) is 0 Å². The molecule has 0 aromatic carbocycles. The maximum atomic E-state index is 12.2. The first-order chi connectivity index (χ1) is 15.9. The van der Waals surface area contributed by atoms with Gasteiger partial charge < -0.3 is 4.98 Å². The molecule has 1 aliphatic carbocycles. The maximum absolute atomic E-state index is 12.2. The molecule has 2 aliphatic heterocycles. The molecule has 3 aliphatic rings. The van der Waals surface area contributed by atoms with Crippen LogP contribution in [0.2, 0.25) is 0 Å². The first kappa shape index (κ1) is 22.1. The van der Waals surface area contributed by atoms with E-state index >= 15 is 0 Å². The van der Waals surface area contributed by atoms with Crippen LogP contribution in [0.3, 0.4) is 0 Å². The van der Waals surface area contributed by atoms with Gasteiger partial charge >= 0.3 is 0 Å². The number of pyridine rings is 1. The first-order valence-corrected chi connectivity index (χ1v) is 13.0. The molecule has 0 radical (unpaired) electrons. The molecule has 1 amide bonds. The number of anilines is 1. The van der Waals surface area contributed by atoms with Crippen LogP contribution < -0.4 is 4.90 Å². The van der Waals surface area contributed by atoms with Gasteiger partial charge in [0.2, 0.25) is 16.4 Å². The number of amides is 1. The minimum atomic E-state index is -3.24. The smallest absolute Gasteiger partial charge is 0.215 e. The number of nitrogens with zero attached hydrogens (tertiary/aromatic N) is 5. The van der Waals surface area contributed by atoms with Gasteiger partial charge in [0.25, 0.3) is 0 Å². The van der Waals surface area contributed by atoms with Crippen molar-refractivity contribution < 1.29 is 13.2 Å². The largest absolute Gasteiger partial charge is 0.346 e. The Balaban J connectivity index is 1.41.